The van der Waals surface area contributed by atoms with E-state index in [0.29, 0.717) is 11.6 Å². The average Bonchev–Trinajstić information content (AvgIpc) is 2.57. The molecule has 5 N–H and O–H groups in total. The van der Waals surface area contributed by atoms with Crippen LogP contribution < -0.4 is 21.7 Å². The third-order valence-corrected chi connectivity index (χ3v) is 5.03. The average molecular weight is 356 g/mol. The molecule has 1 spiro atoms. The van der Waals surface area contributed by atoms with E-state index in [2.05, 4.69) is 10.3 Å². The van der Waals surface area contributed by atoms with Gasteiger partial charge in [0.15, 0.2) is 0 Å². The second-order valence-electron chi connectivity index (χ2n) is 7.48. The number of benzene rings is 1. The van der Waals surface area contributed by atoms with Gasteiger partial charge in [0.2, 0.25) is 17.8 Å². The van der Waals surface area contributed by atoms with E-state index in [4.69, 9.17) is 16.5 Å². The smallest absolute Gasteiger partial charge is 0.226 e. The molecule has 1 fully saturated rings. The summed E-state index contributed by atoms with van der Waals surface area (Å²) in [5.74, 6) is 0.392. The first-order valence-corrected chi connectivity index (χ1v) is 9.24. The minimum atomic E-state index is -0.529. The number of nitrogens with one attached hydrogen (secondary N) is 1. The molecule has 0 bridgehead atoms. The molecule has 0 unspecified atom stereocenters. The van der Waals surface area contributed by atoms with Crippen LogP contribution >= 0.6 is 0 Å². The van der Waals surface area contributed by atoms with Crippen molar-refractivity contribution < 1.29 is 4.79 Å². The summed E-state index contributed by atoms with van der Waals surface area (Å²) >= 11 is 0. The summed E-state index contributed by atoms with van der Waals surface area (Å²) in [6, 6.07) is 5.91. The summed E-state index contributed by atoms with van der Waals surface area (Å²) in [6.07, 6.45) is 5.00. The largest absolute Gasteiger partial charge is 0.369 e. The van der Waals surface area contributed by atoms with E-state index < -0.39 is 5.66 Å². The first kappa shape index (κ1) is 18.2. The fourth-order valence-corrected chi connectivity index (χ4v) is 3.68. The summed E-state index contributed by atoms with van der Waals surface area (Å²) in [6.45, 7) is 5.75. The number of anilines is 2. The van der Waals surface area contributed by atoms with Gasteiger partial charge in [-0.25, -0.2) is 4.99 Å². The zero-order valence-electron chi connectivity index (χ0n) is 15.7. The number of hydrogen-bond acceptors (Lipinski definition) is 6. The second kappa shape index (κ2) is 6.97. The topological polar surface area (TPSA) is 109 Å². The van der Waals surface area contributed by atoms with Crippen molar-refractivity contribution in [2.24, 2.45) is 27.4 Å². The van der Waals surface area contributed by atoms with Gasteiger partial charge in [-0.2, -0.15) is 4.99 Å². The highest BCUT2D eigenvalue weighted by Crippen LogP contribution is 2.42. The van der Waals surface area contributed by atoms with Gasteiger partial charge in [-0.1, -0.05) is 26.3 Å². The van der Waals surface area contributed by atoms with Gasteiger partial charge in [0.05, 0.1) is 11.4 Å². The first-order chi connectivity index (χ1) is 12.3. The molecule has 1 aliphatic carbocycles. The summed E-state index contributed by atoms with van der Waals surface area (Å²) in [5, 5.41) is 3.02. The summed E-state index contributed by atoms with van der Waals surface area (Å²) in [4.78, 5) is 23.2. The molecule has 3 rings (SSSR count). The maximum absolute atomic E-state index is 12.3. The van der Waals surface area contributed by atoms with Crippen LogP contribution in [-0.4, -0.2) is 23.5 Å². The molecule has 1 saturated carbocycles. The Morgan fingerprint density at radius 2 is 1.92 bits per heavy atom. The van der Waals surface area contributed by atoms with Crippen LogP contribution in [-0.2, 0) is 4.79 Å². The number of rotatable bonds is 3. The Bertz CT molecular complexity index is 761. The molecule has 1 aromatic carbocycles. The molecule has 1 heterocycles. The Morgan fingerprint density at radius 3 is 2.58 bits per heavy atom. The van der Waals surface area contributed by atoms with Crippen LogP contribution in [0.25, 0.3) is 0 Å². The number of nitrogens with two attached hydrogens (primary N) is 2. The quantitative estimate of drug-likeness (QED) is 0.773. The molecule has 1 amide bonds. The van der Waals surface area contributed by atoms with Crippen LogP contribution in [0.2, 0.25) is 0 Å². The van der Waals surface area contributed by atoms with Crippen LogP contribution in [0.15, 0.2) is 28.2 Å². The molecule has 0 aromatic heterocycles. The van der Waals surface area contributed by atoms with E-state index in [-0.39, 0.29) is 17.8 Å². The SMILES string of the molecule is Cc1ccc(NC(=O)C(C)C)c(N2C(N)=NC(N)=NC23CCCCC3)c1. The van der Waals surface area contributed by atoms with E-state index in [0.717, 1.165) is 36.9 Å². The Hall–Kier alpha value is -2.57. The molecule has 140 valence electrons. The standard InChI is InChI=1S/C19H28N6O/c1-12(2)16(26)22-14-8-7-13(3)11-15(14)25-18(21)23-17(20)24-19(25)9-5-4-6-10-19/h7-8,11-12H,4-6,9-10H2,1-3H3,(H,22,26)(H4,20,21,23,24). The van der Waals surface area contributed by atoms with E-state index in [9.17, 15) is 4.79 Å². The van der Waals surface area contributed by atoms with Crippen LogP contribution in [0.5, 0.6) is 0 Å². The van der Waals surface area contributed by atoms with Crippen LogP contribution in [0.4, 0.5) is 11.4 Å². The molecule has 26 heavy (non-hydrogen) atoms. The number of aryl methyl sites for hydroxylation is 1. The third kappa shape index (κ3) is 3.38. The summed E-state index contributed by atoms with van der Waals surface area (Å²) in [5.41, 5.74) is 14.3. The van der Waals surface area contributed by atoms with Crippen molar-refractivity contribution in [3.05, 3.63) is 23.8 Å². The zero-order valence-corrected chi connectivity index (χ0v) is 15.7. The summed E-state index contributed by atoms with van der Waals surface area (Å²) in [7, 11) is 0. The number of carbonyl (C=O) groups excluding carboxylic acids is 1. The number of amides is 1. The molecule has 7 nitrogen and oxygen atoms in total. The van der Waals surface area contributed by atoms with E-state index in [1.807, 2.05) is 43.9 Å². The fourth-order valence-electron chi connectivity index (χ4n) is 3.68. The van der Waals surface area contributed by atoms with Gasteiger partial charge in [0.1, 0.15) is 5.66 Å². The van der Waals surface area contributed by atoms with Gasteiger partial charge in [0.25, 0.3) is 0 Å². The predicted octanol–water partition coefficient (Wildman–Crippen LogP) is 2.70. The number of guanidine groups is 2. The minimum absolute atomic E-state index is 0.0386. The normalized spacial score (nSPS) is 19.3. The van der Waals surface area contributed by atoms with Crippen molar-refractivity contribution in [2.45, 2.75) is 58.5 Å². The lowest BCUT2D eigenvalue weighted by Gasteiger charge is -2.46. The van der Waals surface area contributed by atoms with Crippen molar-refractivity contribution >= 4 is 29.2 Å². The second-order valence-corrected chi connectivity index (χ2v) is 7.48. The van der Waals surface area contributed by atoms with Crippen molar-refractivity contribution in [2.75, 3.05) is 10.2 Å². The lowest BCUT2D eigenvalue weighted by Crippen LogP contribution is -2.58. The maximum Gasteiger partial charge on any atom is 0.226 e. The molecule has 1 aliphatic heterocycles. The van der Waals surface area contributed by atoms with Gasteiger partial charge in [-0.15, -0.1) is 0 Å². The minimum Gasteiger partial charge on any atom is -0.369 e. The van der Waals surface area contributed by atoms with Crippen molar-refractivity contribution in [1.82, 2.24) is 0 Å². The van der Waals surface area contributed by atoms with Gasteiger partial charge in [-0.3, -0.25) is 9.69 Å². The third-order valence-electron chi connectivity index (χ3n) is 5.03. The Kier molecular flexibility index (Phi) is 4.89. The van der Waals surface area contributed by atoms with Crippen molar-refractivity contribution in [3.63, 3.8) is 0 Å². The molecule has 2 aliphatic rings. The lowest BCUT2D eigenvalue weighted by molar-refractivity contribution is -0.118. The Morgan fingerprint density at radius 1 is 1.23 bits per heavy atom. The lowest BCUT2D eigenvalue weighted by atomic mass is 9.87. The molecule has 0 radical (unpaired) electrons. The van der Waals surface area contributed by atoms with Crippen LogP contribution in [0, 0.1) is 12.8 Å². The molecule has 0 atom stereocenters. The van der Waals surface area contributed by atoms with E-state index in [1.54, 1.807) is 0 Å². The van der Waals surface area contributed by atoms with Crippen molar-refractivity contribution in [1.29, 1.82) is 0 Å². The predicted molar refractivity (Wildman–Crippen MR) is 106 cm³/mol. The van der Waals surface area contributed by atoms with Crippen LogP contribution in [0.1, 0.15) is 51.5 Å². The summed E-state index contributed by atoms with van der Waals surface area (Å²) < 4.78 is 0. The van der Waals surface area contributed by atoms with Gasteiger partial charge >= 0.3 is 0 Å². The highest BCUT2D eigenvalue weighted by molar-refractivity contribution is 6.08. The molecular formula is C19H28N6O. The van der Waals surface area contributed by atoms with Crippen LogP contribution in [0.3, 0.4) is 0 Å². The highest BCUT2D eigenvalue weighted by atomic mass is 16.1. The zero-order chi connectivity index (χ0) is 18.9. The first-order valence-electron chi connectivity index (χ1n) is 9.24. The Balaban J connectivity index is 2.09. The molecular weight excluding hydrogens is 328 g/mol. The fraction of sp³-hybridized carbons (Fsp3) is 0.526. The number of carbonyl (C=O) groups is 1. The number of nitrogens with zero attached hydrogens (tertiary/aromatic N) is 3. The monoisotopic (exact) mass is 356 g/mol. The number of hydrogen-bond donors (Lipinski definition) is 3. The van der Waals surface area contributed by atoms with E-state index >= 15 is 0 Å². The molecule has 0 saturated heterocycles. The maximum atomic E-state index is 12.3. The Labute approximate surface area is 154 Å². The number of aliphatic imine (C=N–C) groups is 2. The van der Waals surface area contributed by atoms with Crippen molar-refractivity contribution in [3.8, 4) is 0 Å². The van der Waals surface area contributed by atoms with Gasteiger partial charge in [0, 0.05) is 5.92 Å². The van der Waals surface area contributed by atoms with E-state index in [1.165, 1.54) is 6.42 Å². The molecule has 1 aromatic rings. The van der Waals surface area contributed by atoms with Gasteiger partial charge in [-0.05, 0) is 50.3 Å². The highest BCUT2D eigenvalue weighted by Gasteiger charge is 2.43. The van der Waals surface area contributed by atoms with Gasteiger partial charge < -0.3 is 16.8 Å². The molecule has 7 heteroatoms.